The first-order valence-corrected chi connectivity index (χ1v) is 5.59. The van der Waals surface area contributed by atoms with E-state index < -0.39 is 0 Å². The summed E-state index contributed by atoms with van der Waals surface area (Å²) < 4.78 is 5.31. The van der Waals surface area contributed by atoms with Gasteiger partial charge in [-0.15, -0.1) is 0 Å². The summed E-state index contributed by atoms with van der Waals surface area (Å²) in [7, 11) is 0. The van der Waals surface area contributed by atoms with Crippen LogP contribution in [0.1, 0.15) is 40.5 Å². The summed E-state index contributed by atoms with van der Waals surface area (Å²) in [5.74, 6) is -0.0837. The third-order valence-electron chi connectivity index (χ3n) is 2.48. The molecule has 0 saturated carbocycles. The SMILES string of the molecule is CCC(N)(CC)COCC(=O)NC(C)C. The van der Waals surface area contributed by atoms with Gasteiger partial charge in [0.05, 0.1) is 6.61 Å². The number of hydrogen-bond acceptors (Lipinski definition) is 3. The fourth-order valence-corrected chi connectivity index (χ4v) is 1.16. The first kappa shape index (κ1) is 14.4. The van der Waals surface area contributed by atoms with Gasteiger partial charge in [-0.2, -0.15) is 0 Å². The van der Waals surface area contributed by atoms with Gasteiger partial charge in [0.25, 0.3) is 0 Å². The largest absolute Gasteiger partial charge is 0.370 e. The molecule has 0 fully saturated rings. The number of hydrogen-bond donors (Lipinski definition) is 2. The first-order chi connectivity index (χ1) is 6.93. The fourth-order valence-electron chi connectivity index (χ4n) is 1.16. The average molecular weight is 216 g/mol. The van der Waals surface area contributed by atoms with Gasteiger partial charge >= 0.3 is 0 Å². The minimum atomic E-state index is -0.294. The number of rotatable bonds is 7. The molecule has 1 amide bonds. The van der Waals surface area contributed by atoms with E-state index >= 15 is 0 Å². The van der Waals surface area contributed by atoms with Crippen LogP contribution >= 0.6 is 0 Å². The Hall–Kier alpha value is -0.610. The van der Waals surface area contributed by atoms with E-state index in [0.717, 1.165) is 12.8 Å². The lowest BCUT2D eigenvalue weighted by molar-refractivity contribution is -0.126. The lowest BCUT2D eigenvalue weighted by Gasteiger charge is -2.26. The molecule has 15 heavy (non-hydrogen) atoms. The summed E-state index contributed by atoms with van der Waals surface area (Å²) in [6.07, 6.45) is 1.71. The Labute approximate surface area is 92.6 Å². The minimum absolute atomic E-state index is 0.0837. The van der Waals surface area contributed by atoms with Crippen molar-refractivity contribution in [1.29, 1.82) is 0 Å². The quantitative estimate of drug-likeness (QED) is 0.668. The highest BCUT2D eigenvalue weighted by Gasteiger charge is 2.20. The molecule has 0 spiro atoms. The number of carbonyl (C=O) groups is 1. The third kappa shape index (κ3) is 6.47. The molecule has 0 aliphatic carbocycles. The van der Waals surface area contributed by atoms with Crippen molar-refractivity contribution in [1.82, 2.24) is 5.32 Å². The predicted octanol–water partition coefficient (Wildman–Crippen LogP) is 1.05. The van der Waals surface area contributed by atoms with Gasteiger partial charge in [0, 0.05) is 11.6 Å². The Kier molecular flexibility index (Phi) is 6.52. The zero-order valence-corrected chi connectivity index (χ0v) is 10.3. The van der Waals surface area contributed by atoms with E-state index in [1.54, 1.807) is 0 Å². The molecule has 0 heterocycles. The number of carbonyl (C=O) groups excluding carboxylic acids is 1. The minimum Gasteiger partial charge on any atom is -0.370 e. The summed E-state index contributed by atoms with van der Waals surface area (Å²) >= 11 is 0. The maximum Gasteiger partial charge on any atom is 0.246 e. The Balaban J connectivity index is 3.73. The summed E-state index contributed by atoms with van der Waals surface area (Å²) in [5, 5.41) is 2.76. The van der Waals surface area contributed by atoms with Gasteiger partial charge in [-0.3, -0.25) is 4.79 Å². The maximum atomic E-state index is 11.2. The molecule has 4 heteroatoms. The summed E-state index contributed by atoms with van der Waals surface area (Å²) in [4.78, 5) is 11.2. The Morgan fingerprint density at radius 1 is 1.40 bits per heavy atom. The molecule has 0 aromatic carbocycles. The molecule has 0 atom stereocenters. The van der Waals surface area contributed by atoms with Crippen LogP contribution in [0.3, 0.4) is 0 Å². The molecule has 0 unspecified atom stereocenters. The molecule has 0 saturated heterocycles. The van der Waals surface area contributed by atoms with Gasteiger partial charge in [-0.1, -0.05) is 13.8 Å². The van der Waals surface area contributed by atoms with Crippen LogP contribution in [-0.4, -0.2) is 30.7 Å². The molecule has 0 radical (unpaired) electrons. The summed E-state index contributed by atoms with van der Waals surface area (Å²) in [6.45, 7) is 8.43. The number of nitrogens with two attached hydrogens (primary N) is 1. The molecule has 0 aromatic rings. The molecule has 90 valence electrons. The molecule has 4 nitrogen and oxygen atoms in total. The highest BCUT2D eigenvalue weighted by molar-refractivity contribution is 5.77. The molecule has 0 rings (SSSR count). The van der Waals surface area contributed by atoms with Crippen LogP contribution < -0.4 is 11.1 Å². The molecule has 0 bridgehead atoms. The summed E-state index contributed by atoms with van der Waals surface area (Å²) in [5.41, 5.74) is 5.73. The molecule has 0 aliphatic heterocycles. The monoisotopic (exact) mass is 216 g/mol. The van der Waals surface area contributed by atoms with Gasteiger partial charge in [0.2, 0.25) is 5.91 Å². The number of nitrogens with one attached hydrogen (secondary N) is 1. The lowest BCUT2D eigenvalue weighted by atomic mass is 9.96. The van der Waals surface area contributed by atoms with Crippen molar-refractivity contribution in [2.45, 2.75) is 52.1 Å². The van der Waals surface area contributed by atoms with Crippen molar-refractivity contribution < 1.29 is 9.53 Å². The molecule has 0 aromatic heterocycles. The Morgan fingerprint density at radius 3 is 2.33 bits per heavy atom. The van der Waals surface area contributed by atoms with E-state index in [2.05, 4.69) is 5.32 Å². The highest BCUT2D eigenvalue weighted by atomic mass is 16.5. The normalized spacial score (nSPS) is 11.9. The van der Waals surface area contributed by atoms with Gasteiger partial charge < -0.3 is 15.8 Å². The van der Waals surface area contributed by atoms with Crippen LogP contribution in [0.2, 0.25) is 0 Å². The maximum absolute atomic E-state index is 11.2. The molecule has 3 N–H and O–H groups in total. The summed E-state index contributed by atoms with van der Waals surface area (Å²) in [6, 6.07) is 0.154. The van der Waals surface area contributed by atoms with Crippen LogP contribution in [0.15, 0.2) is 0 Å². The topological polar surface area (TPSA) is 64.3 Å². The van der Waals surface area contributed by atoms with E-state index in [0.29, 0.717) is 6.61 Å². The van der Waals surface area contributed by atoms with Gasteiger partial charge in [-0.05, 0) is 26.7 Å². The van der Waals surface area contributed by atoms with Crippen molar-refractivity contribution >= 4 is 5.91 Å². The van der Waals surface area contributed by atoms with Crippen molar-refractivity contribution in [3.63, 3.8) is 0 Å². The predicted molar refractivity (Wildman–Crippen MR) is 61.6 cm³/mol. The van der Waals surface area contributed by atoms with Crippen molar-refractivity contribution in [3.05, 3.63) is 0 Å². The van der Waals surface area contributed by atoms with Crippen LogP contribution in [0.5, 0.6) is 0 Å². The van der Waals surface area contributed by atoms with Crippen LogP contribution in [0, 0.1) is 0 Å². The van der Waals surface area contributed by atoms with E-state index in [-0.39, 0.29) is 24.1 Å². The van der Waals surface area contributed by atoms with Crippen molar-refractivity contribution in [3.8, 4) is 0 Å². The number of ether oxygens (including phenoxy) is 1. The van der Waals surface area contributed by atoms with E-state index in [1.807, 2.05) is 27.7 Å². The average Bonchev–Trinajstić information content (AvgIpc) is 2.16. The van der Waals surface area contributed by atoms with Gasteiger partial charge in [0.15, 0.2) is 0 Å². The fraction of sp³-hybridized carbons (Fsp3) is 0.909. The molecular weight excluding hydrogens is 192 g/mol. The van der Waals surface area contributed by atoms with E-state index in [9.17, 15) is 4.79 Å². The van der Waals surface area contributed by atoms with Crippen LogP contribution in [-0.2, 0) is 9.53 Å². The van der Waals surface area contributed by atoms with Gasteiger partial charge in [0.1, 0.15) is 6.61 Å². The third-order valence-corrected chi connectivity index (χ3v) is 2.48. The Morgan fingerprint density at radius 2 is 1.93 bits per heavy atom. The molecule has 0 aliphatic rings. The smallest absolute Gasteiger partial charge is 0.246 e. The van der Waals surface area contributed by atoms with E-state index in [4.69, 9.17) is 10.5 Å². The van der Waals surface area contributed by atoms with Gasteiger partial charge in [-0.25, -0.2) is 0 Å². The second-order valence-corrected chi connectivity index (χ2v) is 4.28. The molecular formula is C11H24N2O2. The zero-order valence-electron chi connectivity index (χ0n) is 10.3. The first-order valence-electron chi connectivity index (χ1n) is 5.59. The second kappa shape index (κ2) is 6.80. The van der Waals surface area contributed by atoms with Crippen molar-refractivity contribution in [2.75, 3.05) is 13.2 Å². The van der Waals surface area contributed by atoms with E-state index in [1.165, 1.54) is 0 Å². The standard InChI is InChI=1S/C11H24N2O2/c1-5-11(12,6-2)8-15-7-10(14)13-9(3)4/h9H,5-8,12H2,1-4H3,(H,13,14). The lowest BCUT2D eigenvalue weighted by Crippen LogP contribution is -2.44. The van der Waals surface area contributed by atoms with Crippen LogP contribution in [0.4, 0.5) is 0 Å². The highest BCUT2D eigenvalue weighted by Crippen LogP contribution is 2.10. The van der Waals surface area contributed by atoms with Crippen LogP contribution in [0.25, 0.3) is 0 Å². The number of amides is 1. The van der Waals surface area contributed by atoms with Crippen molar-refractivity contribution in [2.24, 2.45) is 5.73 Å². The zero-order chi connectivity index (χ0) is 11.9. The Bertz CT molecular complexity index is 189. The second-order valence-electron chi connectivity index (χ2n) is 4.28.